The lowest BCUT2D eigenvalue weighted by Gasteiger charge is -2.70. The molecule has 6 nitrogen and oxygen atoms in total. The Bertz CT molecular complexity index is 961. The number of carbonyl (C=O) groups is 2. The smallest absolute Gasteiger partial charge is 0.258 e. The Kier molecular flexibility index (Phi) is 4.94. The van der Waals surface area contributed by atoms with Crippen molar-refractivity contribution in [1.82, 2.24) is 10.3 Å². The molecule has 5 rings (SSSR count). The number of nitrogens with zero attached hydrogens (tertiary/aromatic N) is 1. The van der Waals surface area contributed by atoms with Crippen LogP contribution in [-0.4, -0.2) is 35.9 Å². The Morgan fingerprint density at radius 2 is 1.97 bits per heavy atom. The Hall–Kier alpha value is -2.67. The summed E-state index contributed by atoms with van der Waals surface area (Å²) < 4.78 is 23.8. The number of halogens is 2. The fourth-order valence-electron chi connectivity index (χ4n) is 4.49. The monoisotopic (exact) mass is 418 g/mol. The van der Waals surface area contributed by atoms with Crippen molar-refractivity contribution in [3.8, 4) is 11.5 Å². The lowest BCUT2D eigenvalue weighted by Crippen LogP contribution is -2.75. The molecule has 0 aliphatic heterocycles. The van der Waals surface area contributed by atoms with Crippen LogP contribution in [0.4, 0.5) is 4.39 Å². The SMILES string of the molecule is COc1cncc(C(=O)CC23CC(NC(=O)COc4ccc(Cl)c(F)c4)(C2)C3)c1. The average molecular weight is 419 g/mol. The van der Waals surface area contributed by atoms with E-state index in [1.165, 1.54) is 19.2 Å². The highest BCUT2D eigenvalue weighted by Crippen LogP contribution is 2.69. The molecule has 2 bridgehead atoms. The molecule has 1 aromatic heterocycles. The van der Waals surface area contributed by atoms with Crippen LogP contribution in [0.25, 0.3) is 0 Å². The lowest BCUT2D eigenvalue weighted by atomic mass is 9.38. The van der Waals surface area contributed by atoms with Crippen LogP contribution in [0.15, 0.2) is 36.7 Å². The topological polar surface area (TPSA) is 77.5 Å². The van der Waals surface area contributed by atoms with Crippen molar-refractivity contribution < 1.29 is 23.5 Å². The van der Waals surface area contributed by atoms with Gasteiger partial charge in [-0.3, -0.25) is 14.6 Å². The van der Waals surface area contributed by atoms with E-state index in [-0.39, 0.29) is 40.0 Å². The summed E-state index contributed by atoms with van der Waals surface area (Å²) >= 11 is 5.62. The molecule has 2 aromatic rings. The van der Waals surface area contributed by atoms with Gasteiger partial charge < -0.3 is 14.8 Å². The van der Waals surface area contributed by atoms with Crippen molar-refractivity contribution in [3.05, 3.63) is 53.1 Å². The molecular formula is C21H20ClFN2O4. The number of nitrogens with one attached hydrogen (secondary N) is 1. The summed E-state index contributed by atoms with van der Waals surface area (Å²) in [5, 5.41) is 2.98. The van der Waals surface area contributed by atoms with Gasteiger partial charge in [-0.25, -0.2) is 4.39 Å². The fourth-order valence-corrected chi connectivity index (χ4v) is 4.61. The van der Waals surface area contributed by atoms with E-state index in [0.29, 0.717) is 17.7 Å². The fraction of sp³-hybridized carbons (Fsp3) is 0.381. The standard InChI is InChI=1S/C21H20ClFN2O4/c1-28-15-4-13(7-24-8-15)18(26)6-20-10-21(11-20,12-20)25-19(27)9-29-14-2-3-16(22)17(23)5-14/h2-5,7-8H,6,9-12H2,1H3,(H,25,27). The highest BCUT2D eigenvalue weighted by Gasteiger charge is 2.68. The van der Waals surface area contributed by atoms with E-state index in [9.17, 15) is 14.0 Å². The maximum Gasteiger partial charge on any atom is 0.258 e. The average Bonchev–Trinajstić information content (AvgIpc) is 2.66. The molecule has 29 heavy (non-hydrogen) atoms. The zero-order valence-electron chi connectivity index (χ0n) is 15.8. The Balaban J connectivity index is 1.24. The second-order valence-corrected chi connectivity index (χ2v) is 8.34. The van der Waals surface area contributed by atoms with E-state index >= 15 is 0 Å². The number of methoxy groups -OCH3 is 1. The molecule has 0 saturated heterocycles. The largest absolute Gasteiger partial charge is 0.495 e. The number of benzene rings is 1. The van der Waals surface area contributed by atoms with E-state index in [2.05, 4.69) is 10.3 Å². The second-order valence-electron chi connectivity index (χ2n) is 7.94. The lowest BCUT2D eigenvalue weighted by molar-refractivity contribution is -0.164. The number of aromatic nitrogens is 1. The van der Waals surface area contributed by atoms with E-state index in [1.54, 1.807) is 18.5 Å². The van der Waals surface area contributed by atoms with Gasteiger partial charge in [-0.15, -0.1) is 0 Å². The minimum absolute atomic E-state index is 0.000223. The number of rotatable bonds is 8. The quantitative estimate of drug-likeness (QED) is 0.663. The maximum atomic E-state index is 13.4. The number of hydrogen-bond donors (Lipinski definition) is 1. The minimum Gasteiger partial charge on any atom is -0.495 e. The Morgan fingerprint density at radius 1 is 1.21 bits per heavy atom. The molecule has 0 atom stereocenters. The molecule has 8 heteroatoms. The molecule has 0 unspecified atom stereocenters. The highest BCUT2D eigenvalue weighted by molar-refractivity contribution is 6.30. The summed E-state index contributed by atoms with van der Waals surface area (Å²) in [6.07, 6.45) is 5.84. The third kappa shape index (κ3) is 3.92. The molecular weight excluding hydrogens is 399 g/mol. The third-order valence-electron chi connectivity index (χ3n) is 5.61. The summed E-state index contributed by atoms with van der Waals surface area (Å²) in [5.41, 5.74) is 0.238. The molecule has 3 fully saturated rings. The highest BCUT2D eigenvalue weighted by atomic mass is 35.5. The van der Waals surface area contributed by atoms with Gasteiger partial charge in [-0.2, -0.15) is 0 Å². The zero-order valence-corrected chi connectivity index (χ0v) is 16.6. The molecule has 0 radical (unpaired) electrons. The predicted octanol–water partition coefficient (Wildman–Crippen LogP) is 3.57. The summed E-state index contributed by atoms with van der Waals surface area (Å²) in [4.78, 5) is 28.7. The van der Waals surface area contributed by atoms with Gasteiger partial charge in [0.15, 0.2) is 12.4 Å². The van der Waals surface area contributed by atoms with Crippen molar-refractivity contribution in [2.45, 2.75) is 31.2 Å². The van der Waals surface area contributed by atoms with Crippen LogP contribution < -0.4 is 14.8 Å². The second kappa shape index (κ2) is 7.30. The van der Waals surface area contributed by atoms with Crippen LogP contribution >= 0.6 is 11.6 Å². The van der Waals surface area contributed by atoms with Gasteiger partial charge in [0.25, 0.3) is 5.91 Å². The van der Waals surface area contributed by atoms with Crippen LogP contribution in [0.3, 0.4) is 0 Å². The number of pyridine rings is 1. The summed E-state index contributed by atoms with van der Waals surface area (Å²) in [5.74, 6) is -0.0331. The molecule has 1 heterocycles. The first-order chi connectivity index (χ1) is 13.8. The van der Waals surface area contributed by atoms with E-state index in [4.69, 9.17) is 21.1 Å². The van der Waals surface area contributed by atoms with Gasteiger partial charge >= 0.3 is 0 Å². The van der Waals surface area contributed by atoms with Crippen molar-refractivity contribution >= 4 is 23.3 Å². The Labute approximate surface area is 172 Å². The van der Waals surface area contributed by atoms with E-state index < -0.39 is 5.82 Å². The molecule has 3 aliphatic rings. The predicted molar refractivity (Wildman–Crippen MR) is 104 cm³/mol. The zero-order chi connectivity index (χ0) is 20.6. The van der Waals surface area contributed by atoms with Gasteiger partial charge in [0.2, 0.25) is 0 Å². The number of amides is 1. The van der Waals surface area contributed by atoms with E-state index in [1.807, 2.05) is 0 Å². The number of carbonyl (C=O) groups excluding carboxylic acids is 2. The molecule has 152 valence electrons. The number of hydrogen-bond acceptors (Lipinski definition) is 5. The summed E-state index contributed by atoms with van der Waals surface area (Å²) in [6.45, 7) is -0.204. The maximum absolute atomic E-state index is 13.4. The first kappa shape index (κ1) is 19.6. The van der Waals surface area contributed by atoms with Crippen molar-refractivity contribution in [3.63, 3.8) is 0 Å². The normalized spacial score (nSPS) is 24.1. The van der Waals surface area contributed by atoms with Crippen LogP contribution in [-0.2, 0) is 4.79 Å². The van der Waals surface area contributed by atoms with Crippen LogP contribution in [0.1, 0.15) is 36.0 Å². The van der Waals surface area contributed by atoms with Crippen molar-refractivity contribution in [1.29, 1.82) is 0 Å². The molecule has 0 spiro atoms. The molecule has 1 aromatic carbocycles. The van der Waals surface area contributed by atoms with Gasteiger partial charge in [-0.1, -0.05) is 11.6 Å². The third-order valence-corrected chi connectivity index (χ3v) is 5.92. The summed E-state index contributed by atoms with van der Waals surface area (Å²) in [7, 11) is 1.53. The minimum atomic E-state index is -0.596. The number of ether oxygens (including phenoxy) is 2. The van der Waals surface area contributed by atoms with Gasteiger partial charge in [0.1, 0.15) is 17.3 Å². The van der Waals surface area contributed by atoms with Crippen molar-refractivity contribution in [2.24, 2.45) is 5.41 Å². The van der Waals surface area contributed by atoms with Crippen molar-refractivity contribution in [2.75, 3.05) is 13.7 Å². The molecule has 3 aliphatic carbocycles. The molecule has 1 N–H and O–H groups in total. The first-order valence-corrected chi connectivity index (χ1v) is 9.61. The molecule has 3 saturated carbocycles. The van der Waals surface area contributed by atoms with Crippen LogP contribution in [0, 0.1) is 11.2 Å². The number of ketones is 1. The van der Waals surface area contributed by atoms with Gasteiger partial charge in [0, 0.05) is 29.8 Å². The van der Waals surface area contributed by atoms with E-state index in [0.717, 1.165) is 25.3 Å². The van der Waals surface area contributed by atoms with Crippen LogP contribution in [0.5, 0.6) is 11.5 Å². The van der Waals surface area contributed by atoms with Gasteiger partial charge in [-0.05, 0) is 42.9 Å². The summed E-state index contributed by atoms with van der Waals surface area (Å²) in [6, 6.07) is 5.72. The Morgan fingerprint density at radius 3 is 2.66 bits per heavy atom. The number of Topliss-reactive ketones (excluding diaryl/α,β-unsaturated/α-hetero) is 1. The molecule has 1 amide bonds. The first-order valence-electron chi connectivity index (χ1n) is 9.23. The van der Waals surface area contributed by atoms with Gasteiger partial charge in [0.05, 0.1) is 18.3 Å². The van der Waals surface area contributed by atoms with Crippen LogP contribution in [0.2, 0.25) is 5.02 Å².